The fourth-order valence-electron chi connectivity index (χ4n) is 3.23. The lowest BCUT2D eigenvalue weighted by Gasteiger charge is -2.40. The van der Waals surface area contributed by atoms with E-state index in [0.717, 1.165) is 24.8 Å². The van der Waals surface area contributed by atoms with Gasteiger partial charge in [-0.3, -0.25) is 0 Å². The van der Waals surface area contributed by atoms with Crippen LogP contribution in [0.5, 0.6) is 0 Å². The Bertz CT molecular complexity index is 446. The van der Waals surface area contributed by atoms with Crippen LogP contribution < -0.4 is 5.73 Å². The summed E-state index contributed by atoms with van der Waals surface area (Å²) in [7, 11) is 0. The maximum Gasteiger partial charge on any atom is 0.142 e. The average Bonchev–Trinajstić information content (AvgIpc) is 2.33. The molecule has 2 unspecified atom stereocenters. The van der Waals surface area contributed by atoms with Gasteiger partial charge >= 0.3 is 0 Å². The van der Waals surface area contributed by atoms with E-state index >= 15 is 0 Å². The molecule has 1 aliphatic carbocycles. The van der Waals surface area contributed by atoms with Crippen molar-refractivity contribution in [3.05, 3.63) is 34.6 Å². The van der Waals surface area contributed by atoms with Crippen molar-refractivity contribution in [1.82, 2.24) is 0 Å². The van der Waals surface area contributed by atoms with E-state index < -0.39 is 0 Å². The zero-order valence-corrected chi connectivity index (χ0v) is 12.5. The van der Waals surface area contributed by atoms with E-state index in [4.69, 9.17) is 17.3 Å². The van der Waals surface area contributed by atoms with Crippen LogP contribution in [0.25, 0.3) is 0 Å². The molecule has 0 amide bonds. The standard InChI is InChI=1S/C16H23ClFN/c1-11(2)13-4-3-7-16(19,10-13)9-12-5-6-14(17)15(18)8-12/h5-6,8,11,13H,3-4,7,9-10,19H2,1-2H3. The van der Waals surface area contributed by atoms with Crippen LogP contribution in [0.2, 0.25) is 5.02 Å². The van der Waals surface area contributed by atoms with E-state index in [2.05, 4.69) is 13.8 Å². The van der Waals surface area contributed by atoms with Crippen molar-refractivity contribution in [3.63, 3.8) is 0 Å². The number of nitrogens with two attached hydrogens (primary N) is 1. The van der Waals surface area contributed by atoms with Gasteiger partial charge in [0.15, 0.2) is 0 Å². The molecule has 1 aromatic carbocycles. The minimum absolute atomic E-state index is 0.179. The maximum atomic E-state index is 13.5. The predicted octanol–water partition coefficient (Wildman–Crippen LogP) is 4.57. The zero-order valence-electron chi connectivity index (χ0n) is 11.8. The molecular formula is C16H23ClFN. The monoisotopic (exact) mass is 283 g/mol. The number of rotatable bonds is 3. The first-order chi connectivity index (χ1) is 8.89. The molecule has 0 spiro atoms. The summed E-state index contributed by atoms with van der Waals surface area (Å²) < 4.78 is 13.5. The molecular weight excluding hydrogens is 261 g/mol. The van der Waals surface area contributed by atoms with Crippen LogP contribution >= 0.6 is 11.6 Å². The first-order valence-electron chi connectivity index (χ1n) is 7.12. The summed E-state index contributed by atoms with van der Waals surface area (Å²) in [6.07, 6.45) is 5.25. The second-order valence-corrected chi connectivity index (χ2v) is 6.80. The molecule has 106 valence electrons. The third kappa shape index (κ3) is 3.70. The number of hydrogen-bond donors (Lipinski definition) is 1. The van der Waals surface area contributed by atoms with Crippen LogP contribution in [0.4, 0.5) is 4.39 Å². The minimum atomic E-state index is -0.348. The van der Waals surface area contributed by atoms with E-state index in [1.165, 1.54) is 18.9 Å². The van der Waals surface area contributed by atoms with Crippen molar-refractivity contribution in [2.75, 3.05) is 0 Å². The van der Waals surface area contributed by atoms with Gasteiger partial charge in [-0.1, -0.05) is 44.4 Å². The van der Waals surface area contributed by atoms with Gasteiger partial charge in [0.2, 0.25) is 0 Å². The predicted molar refractivity (Wildman–Crippen MR) is 78.8 cm³/mol. The fraction of sp³-hybridized carbons (Fsp3) is 0.625. The summed E-state index contributed by atoms with van der Waals surface area (Å²) in [6, 6.07) is 5.03. The Morgan fingerprint density at radius 3 is 2.84 bits per heavy atom. The second-order valence-electron chi connectivity index (χ2n) is 6.39. The minimum Gasteiger partial charge on any atom is -0.325 e. The third-order valence-corrected chi connectivity index (χ3v) is 4.71. The normalized spacial score (nSPS) is 27.8. The smallest absolute Gasteiger partial charge is 0.142 e. The molecule has 2 N–H and O–H groups in total. The van der Waals surface area contributed by atoms with Gasteiger partial charge in [0, 0.05) is 5.54 Å². The molecule has 1 saturated carbocycles. The number of benzene rings is 1. The Morgan fingerprint density at radius 1 is 1.47 bits per heavy atom. The Hall–Kier alpha value is -0.600. The largest absolute Gasteiger partial charge is 0.325 e. The SMILES string of the molecule is CC(C)C1CCCC(N)(Cc2ccc(Cl)c(F)c2)C1. The van der Waals surface area contributed by atoms with Gasteiger partial charge in [-0.05, 0) is 48.8 Å². The summed E-state index contributed by atoms with van der Waals surface area (Å²) in [6.45, 7) is 4.52. The van der Waals surface area contributed by atoms with Gasteiger partial charge in [-0.25, -0.2) is 4.39 Å². The van der Waals surface area contributed by atoms with Gasteiger partial charge in [-0.15, -0.1) is 0 Å². The van der Waals surface area contributed by atoms with Gasteiger partial charge < -0.3 is 5.73 Å². The molecule has 3 heteroatoms. The molecule has 1 fully saturated rings. The third-order valence-electron chi connectivity index (χ3n) is 4.40. The molecule has 2 rings (SSSR count). The van der Waals surface area contributed by atoms with Crippen molar-refractivity contribution < 1.29 is 4.39 Å². The molecule has 1 nitrogen and oxygen atoms in total. The van der Waals surface area contributed by atoms with Crippen LogP contribution in [0.3, 0.4) is 0 Å². The molecule has 19 heavy (non-hydrogen) atoms. The number of hydrogen-bond acceptors (Lipinski definition) is 1. The van der Waals surface area contributed by atoms with Crippen LogP contribution in [0.15, 0.2) is 18.2 Å². The summed E-state index contributed by atoms with van der Waals surface area (Å²) in [4.78, 5) is 0. The molecule has 2 atom stereocenters. The van der Waals surface area contributed by atoms with Crippen LogP contribution in [0, 0.1) is 17.7 Å². The van der Waals surface area contributed by atoms with Crippen LogP contribution in [-0.4, -0.2) is 5.54 Å². The lowest BCUT2D eigenvalue weighted by atomic mass is 9.70. The maximum absolute atomic E-state index is 13.5. The Labute approximate surface area is 120 Å². The van der Waals surface area contributed by atoms with Crippen molar-refractivity contribution in [2.24, 2.45) is 17.6 Å². The molecule has 0 saturated heterocycles. The molecule has 0 radical (unpaired) electrons. The Morgan fingerprint density at radius 2 is 2.21 bits per heavy atom. The van der Waals surface area contributed by atoms with E-state index in [1.807, 2.05) is 6.07 Å². The second kappa shape index (κ2) is 5.80. The average molecular weight is 284 g/mol. The lowest BCUT2D eigenvalue weighted by Crippen LogP contribution is -2.47. The summed E-state index contributed by atoms with van der Waals surface area (Å²) >= 11 is 5.72. The lowest BCUT2D eigenvalue weighted by molar-refractivity contribution is 0.182. The molecule has 1 aliphatic rings. The molecule has 0 bridgehead atoms. The molecule has 1 aromatic rings. The summed E-state index contributed by atoms with van der Waals surface area (Å²) in [5.74, 6) is 1.01. The highest BCUT2D eigenvalue weighted by Gasteiger charge is 2.34. The first kappa shape index (κ1) is 14.8. The van der Waals surface area contributed by atoms with Gasteiger partial charge in [0.1, 0.15) is 5.82 Å². The van der Waals surface area contributed by atoms with E-state index in [1.54, 1.807) is 6.07 Å². The van der Waals surface area contributed by atoms with E-state index in [9.17, 15) is 4.39 Å². The summed E-state index contributed by atoms with van der Waals surface area (Å²) in [5.41, 5.74) is 7.32. The van der Waals surface area contributed by atoms with Crippen molar-refractivity contribution in [3.8, 4) is 0 Å². The highest BCUT2D eigenvalue weighted by molar-refractivity contribution is 6.30. The van der Waals surface area contributed by atoms with Gasteiger partial charge in [0.05, 0.1) is 5.02 Å². The Kier molecular flexibility index (Phi) is 4.52. The van der Waals surface area contributed by atoms with Gasteiger partial charge in [0.25, 0.3) is 0 Å². The van der Waals surface area contributed by atoms with E-state index in [0.29, 0.717) is 11.8 Å². The van der Waals surface area contributed by atoms with Crippen molar-refractivity contribution in [1.29, 1.82) is 0 Å². The number of halogens is 2. The zero-order chi connectivity index (χ0) is 14.0. The van der Waals surface area contributed by atoms with Crippen LogP contribution in [0.1, 0.15) is 45.1 Å². The quantitative estimate of drug-likeness (QED) is 0.864. The molecule has 0 aromatic heterocycles. The fourth-order valence-corrected chi connectivity index (χ4v) is 3.35. The topological polar surface area (TPSA) is 26.0 Å². The van der Waals surface area contributed by atoms with Crippen molar-refractivity contribution in [2.45, 2.75) is 51.5 Å². The van der Waals surface area contributed by atoms with Gasteiger partial charge in [-0.2, -0.15) is 0 Å². The highest BCUT2D eigenvalue weighted by atomic mass is 35.5. The Balaban J connectivity index is 2.09. The van der Waals surface area contributed by atoms with Crippen molar-refractivity contribution >= 4 is 11.6 Å². The van der Waals surface area contributed by atoms with Crippen LogP contribution in [-0.2, 0) is 6.42 Å². The summed E-state index contributed by atoms with van der Waals surface area (Å²) in [5, 5.41) is 0.179. The molecule has 0 heterocycles. The molecule has 0 aliphatic heterocycles. The highest BCUT2D eigenvalue weighted by Crippen LogP contribution is 2.37. The first-order valence-corrected chi connectivity index (χ1v) is 7.50. The van der Waals surface area contributed by atoms with E-state index in [-0.39, 0.29) is 16.4 Å².